The van der Waals surface area contributed by atoms with Crippen LogP contribution in [0.5, 0.6) is 0 Å². The van der Waals surface area contributed by atoms with E-state index >= 15 is 0 Å². The monoisotopic (exact) mass is 246 g/mol. The van der Waals surface area contributed by atoms with Gasteiger partial charge in [0.25, 0.3) is 6.47 Å². The summed E-state index contributed by atoms with van der Waals surface area (Å²) in [4.78, 5) is 28.8. The molecule has 0 spiro atoms. The summed E-state index contributed by atoms with van der Waals surface area (Å²) in [5, 5.41) is 0. The van der Waals surface area contributed by atoms with Crippen molar-refractivity contribution >= 4 is 18.5 Å². The van der Waals surface area contributed by atoms with Crippen LogP contribution >= 0.6 is 0 Å². The molecule has 0 aromatic carbocycles. The highest BCUT2D eigenvalue weighted by molar-refractivity contribution is 5.75. The van der Waals surface area contributed by atoms with Gasteiger partial charge in [-0.1, -0.05) is 20.8 Å². The Morgan fingerprint density at radius 2 is 1.65 bits per heavy atom. The average molecular weight is 246 g/mol. The number of unbranched alkanes of at least 4 members (excludes halogenated alkanes) is 1. The first kappa shape index (κ1) is 21.1. The van der Waals surface area contributed by atoms with Crippen molar-refractivity contribution in [1.82, 2.24) is 0 Å². The van der Waals surface area contributed by atoms with E-state index in [2.05, 4.69) is 4.74 Å². The normalized spacial score (nSPS) is 7.76. The molecule has 0 aromatic rings. The van der Waals surface area contributed by atoms with Crippen LogP contribution in [0.15, 0.2) is 0 Å². The lowest BCUT2D eigenvalue weighted by molar-refractivity contribution is -0.128. The van der Waals surface area contributed by atoms with Gasteiger partial charge in [-0.15, -0.1) is 0 Å². The number of aldehydes is 1. The van der Waals surface area contributed by atoms with Gasteiger partial charge in [-0.2, -0.15) is 0 Å². The van der Waals surface area contributed by atoms with Gasteiger partial charge in [0.2, 0.25) is 0 Å². The molecule has 0 saturated carbocycles. The van der Waals surface area contributed by atoms with Gasteiger partial charge in [0.15, 0.2) is 0 Å². The molecular formula is C13H26O4. The van der Waals surface area contributed by atoms with Gasteiger partial charge < -0.3 is 14.3 Å². The first-order chi connectivity index (χ1) is 8.10. The predicted molar refractivity (Wildman–Crippen MR) is 68.9 cm³/mol. The smallest absolute Gasteiger partial charge is 0.293 e. The van der Waals surface area contributed by atoms with Crippen molar-refractivity contribution in [2.75, 3.05) is 6.61 Å². The fourth-order valence-corrected chi connectivity index (χ4v) is 0.636. The first-order valence-electron chi connectivity index (χ1n) is 6.08. The second kappa shape index (κ2) is 24.2. The fourth-order valence-electron chi connectivity index (χ4n) is 0.636. The van der Waals surface area contributed by atoms with Crippen molar-refractivity contribution in [2.24, 2.45) is 0 Å². The van der Waals surface area contributed by atoms with Gasteiger partial charge in [0.1, 0.15) is 12.1 Å². The lowest BCUT2D eigenvalue weighted by Gasteiger charge is -1.86. The van der Waals surface area contributed by atoms with Crippen LogP contribution in [-0.4, -0.2) is 25.1 Å². The number of hydrogen-bond acceptors (Lipinski definition) is 4. The van der Waals surface area contributed by atoms with Crippen molar-refractivity contribution in [3.05, 3.63) is 0 Å². The zero-order valence-corrected chi connectivity index (χ0v) is 11.5. The van der Waals surface area contributed by atoms with Crippen molar-refractivity contribution in [1.29, 1.82) is 0 Å². The number of ether oxygens (including phenoxy) is 1. The van der Waals surface area contributed by atoms with Crippen molar-refractivity contribution in [3.8, 4) is 0 Å². The molecule has 0 unspecified atom stereocenters. The van der Waals surface area contributed by atoms with Gasteiger partial charge >= 0.3 is 0 Å². The predicted octanol–water partition coefficient (Wildman–Crippen LogP) is 2.93. The Balaban J connectivity index is -0.000000174. The fraction of sp³-hybridized carbons (Fsp3) is 0.769. The second-order valence-electron chi connectivity index (χ2n) is 3.37. The number of carbonyl (C=O) groups is 3. The molecule has 0 aliphatic rings. The van der Waals surface area contributed by atoms with Gasteiger partial charge in [-0.05, 0) is 26.2 Å². The van der Waals surface area contributed by atoms with Crippen molar-refractivity contribution in [2.45, 2.75) is 59.8 Å². The van der Waals surface area contributed by atoms with E-state index in [1.54, 1.807) is 6.92 Å². The molecule has 0 N–H and O–H groups in total. The molecule has 0 rings (SSSR count). The third-order valence-corrected chi connectivity index (χ3v) is 1.40. The molecule has 0 heterocycles. The van der Waals surface area contributed by atoms with Crippen LogP contribution in [0.25, 0.3) is 0 Å². The van der Waals surface area contributed by atoms with Crippen LogP contribution in [0.1, 0.15) is 59.8 Å². The maximum Gasteiger partial charge on any atom is 0.293 e. The highest BCUT2D eigenvalue weighted by Crippen LogP contribution is 1.84. The van der Waals surface area contributed by atoms with E-state index in [-0.39, 0.29) is 5.78 Å². The lowest BCUT2D eigenvalue weighted by atomic mass is 10.3. The van der Waals surface area contributed by atoms with Crippen molar-refractivity contribution < 1.29 is 19.1 Å². The number of Topliss-reactive ketones (excluding diaryl/α,β-unsaturated/α-hetero) is 1. The summed E-state index contributed by atoms with van der Waals surface area (Å²) in [7, 11) is 0. The summed E-state index contributed by atoms with van der Waals surface area (Å²) < 4.78 is 4.30. The average Bonchev–Trinajstić information content (AvgIpc) is 2.29. The summed E-state index contributed by atoms with van der Waals surface area (Å²) in [6.07, 6.45) is 5.23. The van der Waals surface area contributed by atoms with E-state index < -0.39 is 0 Å². The van der Waals surface area contributed by atoms with Gasteiger partial charge in [0, 0.05) is 12.8 Å². The second-order valence-corrected chi connectivity index (χ2v) is 3.37. The zero-order valence-electron chi connectivity index (χ0n) is 11.5. The van der Waals surface area contributed by atoms with Gasteiger partial charge in [0.05, 0.1) is 6.61 Å². The Labute approximate surface area is 105 Å². The summed E-state index contributed by atoms with van der Waals surface area (Å²) in [5.74, 6) is 0.289. The van der Waals surface area contributed by atoms with E-state index in [9.17, 15) is 14.4 Å². The Bertz CT molecular complexity index is 167. The summed E-state index contributed by atoms with van der Waals surface area (Å²) in [5.41, 5.74) is 0. The third kappa shape index (κ3) is 52.4. The quantitative estimate of drug-likeness (QED) is 0.512. The summed E-state index contributed by atoms with van der Waals surface area (Å²) in [6, 6.07) is 0. The Kier molecular flexibility index (Phi) is 30.0. The molecule has 0 aliphatic carbocycles. The van der Waals surface area contributed by atoms with Crippen LogP contribution in [0.3, 0.4) is 0 Å². The molecule has 0 saturated heterocycles. The minimum absolute atomic E-state index is 0.289. The Morgan fingerprint density at radius 1 is 1.06 bits per heavy atom. The number of rotatable bonds is 7. The first-order valence-corrected chi connectivity index (χ1v) is 6.08. The molecule has 0 bridgehead atoms. The topological polar surface area (TPSA) is 60.4 Å². The molecule has 0 aromatic heterocycles. The standard InChI is InChI=1S/C5H10O.C4H8O2.C4H8O/c1-3-4-5(2)6;1-2-3-6-4-5;1-2-3-4-5/h3-4H2,1-2H3;4H,2-3H2,1H3;4H,2-3H2,1H3. The van der Waals surface area contributed by atoms with Gasteiger partial charge in [-0.25, -0.2) is 0 Å². The van der Waals surface area contributed by atoms with E-state index in [0.717, 1.165) is 32.0 Å². The SMILES string of the molecule is CCCC(C)=O.CCCC=O.CCCOC=O. The summed E-state index contributed by atoms with van der Waals surface area (Å²) >= 11 is 0. The van der Waals surface area contributed by atoms with Gasteiger partial charge in [-0.3, -0.25) is 4.79 Å². The summed E-state index contributed by atoms with van der Waals surface area (Å²) in [6.45, 7) is 8.55. The largest absolute Gasteiger partial charge is 0.468 e. The highest BCUT2D eigenvalue weighted by Gasteiger charge is 1.83. The molecule has 0 amide bonds. The minimum Gasteiger partial charge on any atom is -0.468 e. The molecule has 102 valence electrons. The van der Waals surface area contributed by atoms with Crippen LogP contribution in [0, 0.1) is 0 Å². The lowest BCUT2D eigenvalue weighted by Crippen LogP contribution is -1.86. The molecule has 0 atom stereocenters. The van der Waals surface area contributed by atoms with Crippen LogP contribution < -0.4 is 0 Å². The molecule has 4 nitrogen and oxygen atoms in total. The number of carbonyl (C=O) groups excluding carboxylic acids is 3. The Morgan fingerprint density at radius 3 is 1.71 bits per heavy atom. The number of ketones is 1. The zero-order chi connectivity index (χ0) is 13.9. The van der Waals surface area contributed by atoms with E-state index in [1.807, 2.05) is 20.8 Å². The Hall–Kier alpha value is -1.19. The van der Waals surface area contributed by atoms with E-state index in [4.69, 9.17) is 0 Å². The van der Waals surface area contributed by atoms with Crippen LogP contribution in [0.2, 0.25) is 0 Å². The minimum atomic E-state index is 0.289. The number of hydrogen-bond donors (Lipinski definition) is 0. The molecule has 0 radical (unpaired) electrons. The molecule has 0 fully saturated rings. The van der Waals surface area contributed by atoms with Crippen LogP contribution in [-0.2, 0) is 19.1 Å². The molecule has 4 heteroatoms. The maximum absolute atomic E-state index is 10.0. The van der Waals surface area contributed by atoms with E-state index in [0.29, 0.717) is 19.5 Å². The maximum atomic E-state index is 10.0. The van der Waals surface area contributed by atoms with Crippen molar-refractivity contribution in [3.63, 3.8) is 0 Å². The van der Waals surface area contributed by atoms with Crippen LogP contribution in [0.4, 0.5) is 0 Å². The highest BCUT2D eigenvalue weighted by atomic mass is 16.5. The molecule has 17 heavy (non-hydrogen) atoms. The molecular weight excluding hydrogens is 220 g/mol. The molecule has 0 aliphatic heterocycles. The third-order valence-electron chi connectivity index (χ3n) is 1.40. The van der Waals surface area contributed by atoms with E-state index in [1.165, 1.54) is 0 Å².